The van der Waals surface area contributed by atoms with Crippen LogP contribution in [0.15, 0.2) is 41.9 Å². The van der Waals surface area contributed by atoms with E-state index in [0.717, 1.165) is 31.9 Å². The van der Waals surface area contributed by atoms with E-state index < -0.39 is 0 Å². The number of rotatable bonds is 6. The minimum absolute atomic E-state index is 0.514. The largest absolute Gasteiger partial charge is 0.497 e. The van der Waals surface area contributed by atoms with Crippen molar-refractivity contribution in [1.29, 1.82) is 0 Å². The highest BCUT2D eigenvalue weighted by atomic mass is 16.5. The van der Waals surface area contributed by atoms with Gasteiger partial charge in [-0.1, -0.05) is 0 Å². The summed E-state index contributed by atoms with van der Waals surface area (Å²) < 4.78 is 11.4. The Balaban J connectivity index is 1.34. The van der Waals surface area contributed by atoms with Crippen molar-refractivity contribution in [3.8, 4) is 5.75 Å². The van der Waals surface area contributed by atoms with Crippen LogP contribution in [0.2, 0.25) is 0 Å². The lowest BCUT2D eigenvalue weighted by atomic mass is 9.79. The van der Waals surface area contributed by atoms with Gasteiger partial charge in [-0.05, 0) is 79.8 Å². The standard InChI is InChI=1S/C20H26N2O2/c1-2-16(20-14-23-9-7-17(20)3-1)5-4-15-10-19(12-21-11-15)24-13-18-6-8-22-18/h7,9-12,16,18,22H,1-6,8,13-14H2. The zero-order valence-electron chi connectivity index (χ0n) is 14.2. The molecular formula is C20H26N2O2. The molecule has 2 unspecified atom stereocenters. The number of nitrogens with zero attached hydrogens (tertiary/aromatic N) is 1. The molecule has 24 heavy (non-hydrogen) atoms. The van der Waals surface area contributed by atoms with Crippen LogP contribution in [0.1, 0.15) is 37.7 Å². The molecule has 0 radical (unpaired) electrons. The number of aryl methyl sites for hydroxylation is 1. The van der Waals surface area contributed by atoms with Gasteiger partial charge in [0.05, 0.1) is 12.5 Å². The Morgan fingerprint density at radius 2 is 2.25 bits per heavy atom. The molecule has 1 N–H and O–H groups in total. The second kappa shape index (κ2) is 7.39. The quantitative estimate of drug-likeness (QED) is 0.870. The Labute approximate surface area is 144 Å². The van der Waals surface area contributed by atoms with Crippen LogP contribution in [0.4, 0.5) is 0 Å². The molecule has 128 valence electrons. The Morgan fingerprint density at radius 1 is 1.29 bits per heavy atom. The maximum absolute atomic E-state index is 5.86. The van der Waals surface area contributed by atoms with E-state index in [-0.39, 0.29) is 0 Å². The molecule has 1 aromatic heterocycles. The van der Waals surface area contributed by atoms with Crippen molar-refractivity contribution in [2.24, 2.45) is 5.92 Å². The first-order chi connectivity index (χ1) is 11.9. The van der Waals surface area contributed by atoms with Crippen molar-refractivity contribution < 1.29 is 9.47 Å². The summed E-state index contributed by atoms with van der Waals surface area (Å²) in [4.78, 5) is 4.36. The van der Waals surface area contributed by atoms with E-state index in [4.69, 9.17) is 9.47 Å². The van der Waals surface area contributed by atoms with Crippen LogP contribution in [0.25, 0.3) is 0 Å². The first-order valence-corrected chi connectivity index (χ1v) is 9.18. The second-order valence-electron chi connectivity index (χ2n) is 7.07. The molecule has 4 nitrogen and oxygen atoms in total. The predicted molar refractivity (Wildman–Crippen MR) is 93.9 cm³/mol. The van der Waals surface area contributed by atoms with E-state index in [9.17, 15) is 0 Å². The second-order valence-corrected chi connectivity index (χ2v) is 7.07. The van der Waals surface area contributed by atoms with Crippen molar-refractivity contribution in [1.82, 2.24) is 10.3 Å². The molecule has 0 spiro atoms. The number of nitrogens with one attached hydrogen (secondary N) is 1. The van der Waals surface area contributed by atoms with E-state index in [2.05, 4.69) is 22.4 Å². The summed E-state index contributed by atoms with van der Waals surface area (Å²) in [5.74, 6) is 1.55. The lowest BCUT2D eigenvalue weighted by Crippen LogP contribution is -2.46. The van der Waals surface area contributed by atoms with Crippen molar-refractivity contribution in [2.75, 3.05) is 19.8 Å². The highest BCUT2D eigenvalue weighted by Crippen LogP contribution is 2.35. The molecule has 0 bridgehead atoms. The van der Waals surface area contributed by atoms with Crippen molar-refractivity contribution in [3.63, 3.8) is 0 Å². The summed E-state index contributed by atoms with van der Waals surface area (Å²) in [7, 11) is 0. The van der Waals surface area contributed by atoms with Gasteiger partial charge in [0.25, 0.3) is 0 Å². The monoisotopic (exact) mass is 326 g/mol. The molecule has 1 aliphatic carbocycles. The zero-order valence-corrected chi connectivity index (χ0v) is 14.2. The summed E-state index contributed by atoms with van der Waals surface area (Å²) in [6.07, 6.45) is 15.0. The first-order valence-electron chi connectivity index (χ1n) is 9.18. The summed E-state index contributed by atoms with van der Waals surface area (Å²) >= 11 is 0. The first kappa shape index (κ1) is 15.7. The summed E-state index contributed by atoms with van der Waals surface area (Å²) in [6.45, 7) is 2.64. The third kappa shape index (κ3) is 3.64. The van der Waals surface area contributed by atoms with Crippen LogP contribution in [0, 0.1) is 5.92 Å². The maximum atomic E-state index is 5.86. The lowest BCUT2D eigenvalue weighted by molar-refractivity contribution is 0.216. The van der Waals surface area contributed by atoms with Gasteiger partial charge in [0.1, 0.15) is 19.0 Å². The van der Waals surface area contributed by atoms with Crippen molar-refractivity contribution in [2.45, 2.75) is 44.6 Å². The lowest BCUT2D eigenvalue weighted by Gasteiger charge is -2.29. The SMILES string of the molecule is C1=CC2=C(CO1)C(CCc1cncc(OCC3CCN3)c1)CCC2. The summed E-state index contributed by atoms with van der Waals surface area (Å²) in [5, 5.41) is 3.36. The van der Waals surface area contributed by atoms with Gasteiger partial charge in [-0.25, -0.2) is 0 Å². The maximum Gasteiger partial charge on any atom is 0.137 e. The van der Waals surface area contributed by atoms with Crippen LogP contribution in [0.3, 0.4) is 0 Å². The van der Waals surface area contributed by atoms with Gasteiger partial charge in [0.15, 0.2) is 0 Å². The van der Waals surface area contributed by atoms with Gasteiger partial charge < -0.3 is 14.8 Å². The van der Waals surface area contributed by atoms with Crippen LogP contribution >= 0.6 is 0 Å². The van der Waals surface area contributed by atoms with Crippen LogP contribution < -0.4 is 10.1 Å². The van der Waals surface area contributed by atoms with Crippen LogP contribution in [0.5, 0.6) is 5.75 Å². The Morgan fingerprint density at radius 3 is 3.12 bits per heavy atom. The fraction of sp³-hybridized carbons (Fsp3) is 0.550. The molecule has 0 saturated carbocycles. The number of ether oxygens (including phenoxy) is 2. The minimum atomic E-state index is 0.514. The fourth-order valence-corrected chi connectivity index (χ4v) is 3.83. The smallest absolute Gasteiger partial charge is 0.137 e. The highest BCUT2D eigenvalue weighted by Gasteiger charge is 2.23. The predicted octanol–water partition coefficient (Wildman–Crippen LogP) is 3.40. The third-order valence-corrected chi connectivity index (χ3v) is 5.44. The summed E-state index contributed by atoms with van der Waals surface area (Å²) in [5.41, 5.74) is 4.31. The molecule has 4 heteroatoms. The number of hydrogen-bond acceptors (Lipinski definition) is 4. The molecule has 4 rings (SSSR count). The Hall–Kier alpha value is -1.81. The molecule has 0 aromatic carbocycles. The topological polar surface area (TPSA) is 43.4 Å². The highest BCUT2D eigenvalue weighted by molar-refractivity contribution is 5.32. The van der Waals surface area contributed by atoms with Crippen LogP contribution in [-0.4, -0.2) is 30.8 Å². The van der Waals surface area contributed by atoms with Gasteiger partial charge in [0.2, 0.25) is 0 Å². The zero-order chi connectivity index (χ0) is 16.2. The van der Waals surface area contributed by atoms with E-state index in [1.807, 2.05) is 18.7 Å². The molecule has 3 aliphatic rings. The Bertz CT molecular complexity index is 634. The van der Waals surface area contributed by atoms with E-state index in [1.54, 1.807) is 0 Å². The third-order valence-electron chi connectivity index (χ3n) is 5.44. The molecule has 1 aromatic rings. The van der Waals surface area contributed by atoms with Crippen molar-refractivity contribution >= 4 is 0 Å². The average Bonchev–Trinajstić information content (AvgIpc) is 2.59. The number of pyridine rings is 1. The molecule has 3 heterocycles. The minimum Gasteiger partial charge on any atom is -0.497 e. The van der Waals surface area contributed by atoms with E-state index >= 15 is 0 Å². The number of allylic oxidation sites excluding steroid dienone is 2. The van der Waals surface area contributed by atoms with Gasteiger partial charge in [-0.15, -0.1) is 0 Å². The normalized spacial score (nSPS) is 25.7. The van der Waals surface area contributed by atoms with E-state index in [0.29, 0.717) is 12.0 Å². The van der Waals surface area contributed by atoms with Gasteiger partial charge in [0, 0.05) is 12.2 Å². The molecule has 2 aliphatic heterocycles. The van der Waals surface area contributed by atoms with Gasteiger partial charge >= 0.3 is 0 Å². The molecule has 1 saturated heterocycles. The summed E-state index contributed by atoms with van der Waals surface area (Å²) in [6, 6.07) is 2.67. The average molecular weight is 326 g/mol. The van der Waals surface area contributed by atoms with E-state index in [1.165, 1.54) is 48.8 Å². The molecule has 1 fully saturated rings. The molecular weight excluding hydrogens is 300 g/mol. The van der Waals surface area contributed by atoms with Crippen LogP contribution in [-0.2, 0) is 11.2 Å². The number of aromatic nitrogens is 1. The fourth-order valence-electron chi connectivity index (χ4n) is 3.83. The van der Waals surface area contributed by atoms with Crippen molar-refractivity contribution in [3.05, 3.63) is 47.5 Å². The molecule has 2 atom stereocenters. The molecule has 0 amide bonds. The Kier molecular flexibility index (Phi) is 4.83. The van der Waals surface area contributed by atoms with Gasteiger partial charge in [-0.2, -0.15) is 0 Å². The number of hydrogen-bond donors (Lipinski definition) is 1. The van der Waals surface area contributed by atoms with Gasteiger partial charge in [-0.3, -0.25) is 4.98 Å².